The normalized spacial score (nSPS) is 15.0. The van der Waals surface area contributed by atoms with Crippen LogP contribution in [0.3, 0.4) is 0 Å². The fourth-order valence-electron chi connectivity index (χ4n) is 3.14. The molecule has 0 unspecified atom stereocenters. The predicted molar refractivity (Wildman–Crippen MR) is 112 cm³/mol. The van der Waals surface area contributed by atoms with Crippen LogP contribution >= 0.6 is 0 Å². The van der Waals surface area contributed by atoms with E-state index in [2.05, 4.69) is 28.2 Å². The molecule has 2 aromatic rings. The molecule has 0 atom stereocenters. The zero-order chi connectivity index (χ0) is 20.1. The number of hydrogen-bond donors (Lipinski definition) is 1. The highest BCUT2D eigenvalue weighted by Crippen LogP contribution is 2.24. The Morgan fingerprint density at radius 2 is 1.89 bits per heavy atom. The van der Waals surface area contributed by atoms with Gasteiger partial charge in [0.25, 0.3) is 5.69 Å². The number of amides is 1. The Kier molecular flexibility index (Phi) is 6.06. The van der Waals surface area contributed by atoms with Gasteiger partial charge in [-0.15, -0.1) is 0 Å². The van der Waals surface area contributed by atoms with Crippen LogP contribution in [-0.2, 0) is 4.79 Å². The van der Waals surface area contributed by atoms with Gasteiger partial charge in [-0.3, -0.25) is 14.9 Å². The molecule has 1 amide bonds. The van der Waals surface area contributed by atoms with Gasteiger partial charge >= 0.3 is 0 Å². The number of anilines is 2. The smallest absolute Gasteiger partial charge is 0.270 e. The zero-order valence-corrected chi connectivity index (χ0v) is 16.1. The number of rotatable bonds is 5. The molecule has 1 aliphatic heterocycles. The van der Waals surface area contributed by atoms with Crippen LogP contribution in [0.15, 0.2) is 48.5 Å². The second kappa shape index (κ2) is 8.67. The van der Waals surface area contributed by atoms with Gasteiger partial charge in [-0.1, -0.05) is 12.1 Å². The van der Waals surface area contributed by atoms with Crippen LogP contribution in [0.25, 0.3) is 6.08 Å². The molecule has 1 heterocycles. The Balaban J connectivity index is 1.64. The van der Waals surface area contributed by atoms with Crippen molar-refractivity contribution < 1.29 is 9.72 Å². The van der Waals surface area contributed by atoms with Crippen molar-refractivity contribution in [1.82, 2.24) is 4.90 Å². The first-order valence-corrected chi connectivity index (χ1v) is 9.20. The lowest BCUT2D eigenvalue weighted by atomic mass is 10.1. The van der Waals surface area contributed by atoms with Crippen LogP contribution < -0.4 is 10.2 Å². The zero-order valence-electron chi connectivity index (χ0n) is 16.1. The summed E-state index contributed by atoms with van der Waals surface area (Å²) >= 11 is 0. The Morgan fingerprint density at radius 1 is 1.14 bits per heavy atom. The largest absolute Gasteiger partial charge is 0.369 e. The lowest BCUT2D eigenvalue weighted by Crippen LogP contribution is -2.44. The number of carbonyl (C=O) groups is 1. The molecule has 0 aromatic heterocycles. The summed E-state index contributed by atoms with van der Waals surface area (Å²) in [6.07, 6.45) is 2.95. The van der Waals surface area contributed by atoms with E-state index in [1.807, 2.05) is 19.1 Å². The molecule has 1 aliphatic rings. The summed E-state index contributed by atoms with van der Waals surface area (Å²) in [5.41, 5.74) is 3.51. The minimum Gasteiger partial charge on any atom is -0.369 e. The maximum absolute atomic E-state index is 12.2. The fourth-order valence-corrected chi connectivity index (χ4v) is 3.14. The van der Waals surface area contributed by atoms with E-state index in [4.69, 9.17) is 0 Å². The molecule has 0 spiro atoms. The molecule has 146 valence electrons. The van der Waals surface area contributed by atoms with E-state index in [-0.39, 0.29) is 11.6 Å². The predicted octanol–water partition coefficient (Wildman–Crippen LogP) is 3.31. The lowest BCUT2D eigenvalue weighted by Gasteiger charge is -2.34. The molecule has 7 heteroatoms. The number of nitrogens with zero attached hydrogens (tertiary/aromatic N) is 3. The maximum Gasteiger partial charge on any atom is 0.270 e. The molecule has 1 fully saturated rings. The van der Waals surface area contributed by atoms with Crippen molar-refractivity contribution in [2.24, 2.45) is 0 Å². The third-order valence-electron chi connectivity index (χ3n) is 4.84. The van der Waals surface area contributed by atoms with Gasteiger partial charge in [0, 0.05) is 55.8 Å². The van der Waals surface area contributed by atoms with Gasteiger partial charge in [0.15, 0.2) is 0 Å². The number of nitro groups is 1. The molecule has 2 aromatic carbocycles. The topological polar surface area (TPSA) is 78.7 Å². The summed E-state index contributed by atoms with van der Waals surface area (Å²) in [5, 5.41) is 13.7. The van der Waals surface area contributed by atoms with Crippen LogP contribution in [0.4, 0.5) is 17.1 Å². The van der Waals surface area contributed by atoms with Crippen LogP contribution in [0, 0.1) is 17.0 Å². The van der Waals surface area contributed by atoms with E-state index in [9.17, 15) is 14.9 Å². The third-order valence-corrected chi connectivity index (χ3v) is 4.84. The number of nitrogens with one attached hydrogen (secondary N) is 1. The summed E-state index contributed by atoms with van der Waals surface area (Å²) in [5.74, 6) is -0.276. The molecule has 0 bridgehead atoms. The number of non-ortho nitro benzene ring substituents is 1. The van der Waals surface area contributed by atoms with Gasteiger partial charge in [0.1, 0.15) is 0 Å². The Bertz CT molecular complexity index is 902. The first-order valence-electron chi connectivity index (χ1n) is 9.20. The van der Waals surface area contributed by atoms with Crippen molar-refractivity contribution in [2.45, 2.75) is 6.92 Å². The van der Waals surface area contributed by atoms with E-state index in [0.29, 0.717) is 5.56 Å². The Labute approximate surface area is 164 Å². The van der Waals surface area contributed by atoms with Crippen molar-refractivity contribution in [1.29, 1.82) is 0 Å². The van der Waals surface area contributed by atoms with Crippen LogP contribution in [0.1, 0.15) is 11.1 Å². The van der Waals surface area contributed by atoms with Gasteiger partial charge in [0.2, 0.25) is 5.91 Å². The first-order chi connectivity index (χ1) is 13.4. The number of benzene rings is 2. The van der Waals surface area contributed by atoms with Crippen molar-refractivity contribution >= 4 is 29.0 Å². The standard InChI is InChI=1S/C21H24N4O3/c1-16-14-18(24-12-10-23(2)11-13-24)7-8-20(16)22-21(26)9-6-17-4-3-5-19(15-17)25(27)28/h3-9,14-15H,10-13H2,1-2H3,(H,22,26)/b9-6+. The van der Waals surface area contributed by atoms with Gasteiger partial charge in [-0.05, 0) is 49.4 Å². The van der Waals surface area contributed by atoms with Gasteiger partial charge in [-0.25, -0.2) is 0 Å². The molecule has 28 heavy (non-hydrogen) atoms. The van der Waals surface area contributed by atoms with Crippen LogP contribution in [-0.4, -0.2) is 49.0 Å². The number of carbonyl (C=O) groups excluding carboxylic acids is 1. The van der Waals surface area contributed by atoms with Crippen molar-refractivity contribution in [2.75, 3.05) is 43.4 Å². The summed E-state index contributed by atoms with van der Waals surface area (Å²) < 4.78 is 0. The average molecular weight is 380 g/mol. The molecule has 1 N–H and O–H groups in total. The quantitative estimate of drug-likeness (QED) is 0.489. The summed E-state index contributed by atoms with van der Waals surface area (Å²) in [6, 6.07) is 12.2. The maximum atomic E-state index is 12.2. The van der Waals surface area contributed by atoms with Gasteiger partial charge in [0.05, 0.1) is 4.92 Å². The Hall–Kier alpha value is -3.19. The molecular weight excluding hydrogens is 356 g/mol. The Morgan fingerprint density at radius 3 is 2.57 bits per heavy atom. The molecule has 1 saturated heterocycles. The van der Waals surface area contributed by atoms with E-state index in [1.54, 1.807) is 18.2 Å². The van der Waals surface area contributed by atoms with E-state index in [0.717, 1.165) is 43.1 Å². The third kappa shape index (κ3) is 4.95. The minimum absolute atomic E-state index is 0.00195. The number of hydrogen-bond acceptors (Lipinski definition) is 5. The summed E-state index contributed by atoms with van der Waals surface area (Å²) in [6.45, 7) is 6.04. The van der Waals surface area contributed by atoms with Crippen LogP contribution in [0.5, 0.6) is 0 Å². The van der Waals surface area contributed by atoms with Gasteiger partial charge < -0.3 is 15.1 Å². The summed E-state index contributed by atoms with van der Waals surface area (Å²) in [7, 11) is 2.13. The number of aryl methyl sites for hydroxylation is 1. The highest BCUT2D eigenvalue weighted by Gasteiger charge is 2.15. The summed E-state index contributed by atoms with van der Waals surface area (Å²) in [4.78, 5) is 27.3. The van der Waals surface area contributed by atoms with E-state index < -0.39 is 4.92 Å². The number of likely N-dealkylation sites (N-methyl/N-ethyl adjacent to an activating group) is 1. The highest BCUT2D eigenvalue weighted by atomic mass is 16.6. The second-order valence-electron chi connectivity index (χ2n) is 6.96. The SMILES string of the molecule is Cc1cc(N2CCN(C)CC2)ccc1NC(=O)/C=C/c1cccc([N+](=O)[O-])c1. The molecule has 3 rings (SSSR count). The number of piperazine rings is 1. The fraction of sp³-hybridized carbons (Fsp3) is 0.286. The van der Waals surface area contributed by atoms with Crippen molar-refractivity contribution in [3.8, 4) is 0 Å². The molecule has 0 saturated carbocycles. The van der Waals surface area contributed by atoms with Crippen LogP contribution in [0.2, 0.25) is 0 Å². The van der Waals surface area contributed by atoms with Crippen molar-refractivity contribution in [3.05, 3.63) is 69.8 Å². The molecule has 0 aliphatic carbocycles. The molecule has 0 radical (unpaired) electrons. The number of nitro benzene ring substituents is 1. The van der Waals surface area contributed by atoms with Gasteiger partial charge in [-0.2, -0.15) is 0 Å². The first kappa shape index (κ1) is 19.6. The molecular formula is C21H24N4O3. The second-order valence-corrected chi connectivity index (χ2v) is 6.96. The van der Waals surface area contributed by atoms with Crippen molar-refractivity contribution in [3.63, 3.8) is 0 Å². The van der Waals surface area contributed by atoms with E-state index >= 15 is 0 Å². The average Bonchev–Trinajstić information content (AvgIpc) is 2.69. The van der Waals surface area contributed by atoms with E-state index in [1.165, 1.54) is 18.2 Å². The monoisotopic (exact) mass is 380 g/mol. The molecule has 7 nitrogen and oxygen atoms in total. The highest BCUT2D eigenvalue weighted by molar-refractivity contribution is 6.02. The minimum atomic E-state index is -0.456. The lowest BCUT2D eigenvalue weighted by molar-refractivity contribution is -0.384.